The van der Waals surface area contributed by atoms with E-state index in [4.69, 9.17) is 5.73 Å². The van der Waals surface area contributed by atoms with Gasteiger partial charge in [-0.25, -0.2) is 0 Å². The van der Waals surface area contributed by atoms with Crippen LogP contribution in [0.1, 0.15) is 43.2 Å². The van der Waals surface area contributed by atoms with E-state index in [1.54, 1.807) is 0 Å². The number of primary amides is 1. The molecule has 2 atom stereocenters. The first-order valence-corrected chi connectivity index (χ1v) is 6.69. The van der Waals surface area contributed by atoms with Crippen LogP contribution in [0.5, 0.6) is 0 Å². The molecule has 0 saturated carbocycles. The lowest BCUT2D eigenvalue weighted by molar-refractivity contribution is -0.120. The molecule has 1 aromatic carbocycles. The summed E-state index contributed by atoms with van der Waals surface area (Å²) >= 11 is 0. The quantitative estimate of drug-likeness (QED) is 0.853. The summed E-state index contributed by atoms with van der Waals surface area (Å²) in [5, 5.41) is 3.30. The highest BCUT2D eigenvalue weighted by Crippen LogP contribution is 2.29. The largest absolute Gasteiger partial charge is 0.369 e. The van der Waals surface area contributed by atoms with Gasteiger partial charge in [0.05, 0.1) is 5.92 Å². The molecule has 0 aliphatic carbocycles. The molecular formula is C15H22N2O. The molecule has 18 heavy (non-hydrogen) atoms. The van der Waals surface area contributed by atoms with Crippen LogP contribution in [0.25, 0.3) is 0 Å². The second kappa shape index (κ2) is 5.53. The number of hydrogen-bond donors (Lipinski definition) is 2. The van der Waals surface area contributed by atoms with Gasteiger partial charge in [0.1, 0.15) is 0 Å². The monoisotopic (exact) mass is 246 g/mol. The zero-order chi connectivity index (χ0) is 13.1. The molecule has 1 aliphatic heterocycles. The molecule has 1 aromatic rings. The van der Waals surface area contributed by atoms with Crippen molar-refractivity contribution in [3.8, 4) is 0 Å². The lowest BCUT2D eigenvalue weighted by Crippen LogP contribution is -2.29. The van der Waals surface area contributed by atoms with Crippen molar-refractivity contribution in [3.63, 3.8) is 0 Å². The average molecular weight is 246 g/mol. The smallest absolute Gasteiger partial charge is 0.225 e. The Morgan fingerprint density at radius 3 is 2.33 bits per heavy atom. The van der Waals surface area contributed by atoms with Crippen molar-refractivity contribution < 1.29 is 4.79 Å². The minimum atomic E-state index is -0.207. The van der Waals surface area contributed by atoms with E-state index in [0.717, 1.165) is 25.1 Å². The van der Waals surface area contributed by atoms with Gasteiger partial charge in [0.2, 0.25) is 5.91 Å². The molecule has 1 aliphatic rings. The molecule has 0 radical (unpaired) electrons. The minimum absolute atomic E-state index is 0.152. The van der Waals surface area contributed by atoms with Crippen LogP contribution in [-0.2, 0) is 4.79 Å². The Labute approximate surface area is 109 Å². The zero-order valence-electron chi connectivity index (χ0n) is 11.1. The number of nitrogens with one attached hydrogen (secondary N) is 1. The highest BCUT2D eigenvalue weighted by Gasteiger charge is 2.30. The summed E-state index contributed by atoms with van der Waals surface area (Å²) in [7, 11) is 0. The summed E-state index contributed by atoms with van der Waals surface area (Å²) in [6, 6.07) is 8.34. The summed E-state index contributed by atoms with van der Waals surface area (Å²) < 4.78 is 0. The normalized spacial score (nSPS) is 21.2. The fraction of sp³-hybridized carbons (Fsp3) is 0.533. The standard InChI is InChI=1S/C15H22N2O/c1-10(2)11-3-5-12(6-4-11)14(15(16)18)13-7-8-17-9-13/h3-6,10,13-14,17H,7-9H2,1-2H3,(H2,16,18)/t13?,14-/m0/s1. The SMILES string of the molecule is CC(C)c1ccc([C@H](C(N)=O)C2CCNC2)cc1. The molecule has 3 nitrogen and oxygen atoms in total. The Morgan fingerprint density at radius 2 is 1.89 bits per heavy atom. The van der Waals surface area contributed by atoms with Gasteiger partial charge in [-0.2, -0.15) is 0 Å². The first-order valence-electron chi connectivity index (χ1n) is 6.69. The predicted molar refractivity (Wildman–Crippen MR) is 73.4 cm³/mol. The van der Waals surface area contributed by atoms with Gasteiger partial charge in [-0.15, -0.1) is 0 Å². The van der Waals surface area contributed by atoms with Gasteiger partial charge in [-0.1, -0.05) is 38.1 Å². The summed E-state index contributed by atoms with van der Waals surface area (Å²) in [6.45, 7) is 6.21. The molecule has 1 amide bonds. The van der Waals surface area contributed by atoms with Crippen molar-refractivity contribution in [2.45, 2.75) is 32.1 Å². The number of hydrogen-bond acceptors (Lipinski definition) is 2. The average Bonchev–Trinajstić information content (AvgIpc) is 2.83. The van der Waals surface area contributed by atoms with Crippen molar-refractivity contribution >= 4 is 5.91 Å². The Hall–Kier alpha value is -1.35. The highest BCUT2D eigenvalue weighted by atomic mass is 16.1. The summed E-state index contributed by atoms with van der Waals surface area (Å²) in [4.78, 5) is 11.7. The van der Waals surface area contributed by atoms with Gasteiger partial charge in [-0.3, -0.25) is 4.79 Å². The van der Waals surface area contributed by atoms with E-state index in [1.807, 2.05) is 0 Å². The number of carbonyl (C=O) groups excluding carboxylic acids is 1. The van der Waals surface area contributed by atoms with E-state index >= 15 is 0 Å². The van der Waals surface area contributed by atoms with Gasteiger partial charge >= 0.3 is 0 Å². The fourth-order valence-electron chi connectivity index (χ4n) is 2.72. The first kappa shape index (κ1) is 13.1. The molecule has 1 heterocycles. The van der Waals surface area contributed by atoms with Gasteiger partial charge < -0.3 is 11.1 Å². The fourth-order valence-corrected chi connectivity index (χ4v) is 2.72. The topological polar surface area (TPSA) is 55.1 Å². The van der Waals surface area contributed by atoms with E-state index in [0.29, 0.717) is 11.8 Å². The van der Waals surface area contributed by atoms with E-state index in [9.17, 15) is 4.79 Å². The molecule has 3 heteroatoms. The van der Waals surface area contributed by atoms with E-state index in [-0.39, 0.29) is 11.8 Å². The lowest BCUT2D eigenvalue weighted by Gasteiger charge is -2.20. The number of carbonyl (C=O) groups is 1. The number of benzene rings is 1. The maximum absolute atomic E-state index is 11.7. The maximum atomic E-state index is 11.7. The second-order valence-corrected chi connectivity index (χ2v) is 5.45. The lowest BCUT2D eigenvalue weighted by atomic mass is 9.84. The number of rotatable bonds is 4. The summed E-state index contributed by atoms with van der Waals surface area (Å²) in [5.74, 6) is 0.494. The predicted octanol–water partition coefficient (Wildman–Crippen LogP) is 1.99. The number of amides is 1. The third-order valence-corrected chi connectivity index (χ3v) is 3.84. The molecular weight excluding hydrogens is 224 g/mol. The first-order chi connectivity index (χ1) is 8.59. The van der Waals surface area contributed by atoms with Gasteiger partial charge in [0.15, 0.2) is 0 Å². The molecule has 0 bridgehead atoms. The van der Waals surface area contributed by atoms with E-state index in [2.05, 4.69) is 43.4 Å². The van der Waals surface area contributed by atoms with Crippen LogP contribution >= 0.6 is 0 Å². The third-order valence-electron chi connectivity index (χ3n) is 3.84. The summed E-state index contributed by atoms with van der Waals surface area (Å²) in [6.07, 6.45) is 1.03. The van der Waals surface area contributed by atoms with Crippen LogP contribution < -0.4 is 11.1 Å². The Bertz CT molecular complexity index is 405. The van der Waals surface area contributed by atoms with Crippen molar-refractivity contribution in [2.75, 3.05) is 13.1 Å². The highest BCUT2D eigenvalue weighted by molar-refractivity contribution is 5.82. The van der Waals surface area contributed by atoms with Crippen LogP contribution in [0, 0.1) is 5.92 Å². The van der Waals surface area contributed by atoms with Crippen molar-refractivity contribution in [1.29, 1.82) is 0 Å². The second-order valence-electron chi connectivity index (χ2n) is 5.45. The Balaban J connectivity index is 2.22. The third kappa shape index (κ3) is 2.72. The van der Waals surface area contributed by atoms with Gasteiger partial charge in [-0.05, 0) is 42.5 Å². The Morgan fingerprint density at radius 1 is 1.28 bits per heavy atom. The minimum Gasteiger partial charge on any atom is -0.369 e. The molecule has 0 aromatic heterocycles. The van der Waals surface area contributed by atoms with Gasteiger partial charge in [0, 0.05) is 0 Å². The van der Waals surface area contributed by atoms with Gasteiger partial charge in [0.25, 0.3) is 0 Å². The van der Waals surface area contributed by atoms with Crippen LogP contribution in [0.4, 0.5) is 0 Å². The van der Waals surface area contributed by atoms with E-state index in [1.165, 1.54) is 5.56 Å². The summed E-state index contributed by atoms with van der Waals surface area (Å²) in [5.41, 5.74) is 7.93. The van der Waals surface area contributed by atoms with Crippen LogP contribution in [0.3, 0.4) is 0 Å². The molecule has 1 fully saturated rings. The van der Waals surface area contributed by atoms with Crippen LogP contribution in [0.2, 0.25) is 0 Å². The van der Waals surface area contributed by atoms with Crippen molar-refractivity contribution in [3.05, 3.63) is 35.4 Å². The molecule has 98 valence electrons. The van der Waals surface area contributed by atoms with E-state index < -0.39 is 0 Å². The zero-order valence-corrected chi connectivity index (χ0v) is 11.1. The molecule has 1 saturated heterocycles. The van der Waals surface area contributed by atoms with Crippen LogP contribution in [-0.4, -0.2) is 19.0 Å². The number of nitrogens with two attached hydrogens (primary N) is 1. The molecule has 2 rings (SSSR count). The Kier molecular flexibility index (Phi) is 4.02. The van der Waals surface area contributed by atoms with Crippen LogP contribution in [0.15, 0.2) is 24.3 Å². The molecule has 0 spiro atoms. The van der Waals surface area contributed by atoms with Crippen molar-refractivity contribution in [1.82, 2.24) is 5.32 Å². The van der Waals surface area contributed by atoms with Crippen molar-refractivity contribution in [2.24, 2.45) is 11.7 Å². The maximum Gasteiger partial charge on any atom is 0.225 e. The molecule has 1 unspecified atom stereocenters. The molecule has 3 N–H and O–H groups in total.